The number of amides is 2. The fourth-order valence-electron chi connectivity index (χ4n) is 2.21. The second kappa shape index (κ2) is 6.75. The van der Waals surface area contributed by atoms with Crippen LogP contribution in [-0.4, -0.2) is 43.0 Å². The minimum Gasteiger partial charge on any atom is -0.494 e. The first-order valence-corrected chi connectivity index (χ1v) is 6.83. The summed E-state index contributed by atoms with van der Waals surface area (Å²) in [5, 5.41) is 8.55. The van der Waals surface area contributed by atoms with Crippen LogP contribution in [0.3, 0.4) is 0 Å². The molecule has 6 nitrogen and oxygen atoms in total. The molecule has 110 valence electrons. The number of carbonyl (C=O) groups is 2. The lowest BCUT2D eigenvalue weighted by molar-refractivity contribution is -0.145. The van der Waals surface area contributed by atoms with Crippen LogP contribution in [-0.2, 0) is 9.59 Å². The molecule has 0 atom stereocenters. The fourth-order valence-corrected chi connectivity index (χ4v) is 2.21. The number of hydrogen-bond acceptors (Lipinski definition) is 5. The van der Waals surface area contributed by atoms with Gasteiger partial charge in [0.25, 0.3) is 0 Å². The summed E-state index contributed by atoms with van der Waals surface area (Å²) in [6.45, 7) is 2.96. The van der Waals surface area contributed by atoms with Gasteiger partial charge in [0.15, 0.2) is 0 Å². The van der Waals surface area contributed by atoms with Gasteiger partial charge in [0, 0.05) is 12.2 Å². The number of anilines is 1. The van der Waals surface area contributed by atoms with Crippen molar-refractivity contribution in [3.8, 4) is 11.8 Å². The van der Waals surface area contributed by atoms with Crippen molar-refractivity contribution >= 4 is 17.5 Å². The molecule has 1 aliphatic heterocycles. The van der Waals surface area contributed by atoms with E-state index in [2.05, 4.69) is 0 Å². The van der Waals surface area contributed by atoms with Gasteiger partial charge in [-0.25, -0.2) is 0 Å². The molecule has 1 aromatic carbocycles. The minimum atomic E-state index is -0.268. The number of piperazine rings is 1. The van der Waals surface area contributed by atoms with E-state index in [4.69, 9.17) is 10.00 Å². The maximum absolute atomic E-state index is 12.0. The van der Waals surface area contributed by atoms with Gasteiger partial charge in [-0.15, -0.1) is 0 Å². The smallest absolute Gasteiger partial charge is 0.248 e. The summed E-state index contributed by atoms with van der Waals surface area (Å²) in [6, 6.07) is 9.23. The summed E-state index contributed by atoms with van der Waals surface area (Å²) in [6.07, 6.45) is 0.167. The summed E-state index contributed by atoms with van der Waals surface area (Å²) in [5.74, 6) is 0.220. The van der Waals surface area contributed by atoms with Crippen LogP contribution in [0.1, 0.15) is 13.3 Å². The van der Waals surface area contributed by atoms with Crippen molar-refractivity contribution < 1.29 is 14.3 Å². The minimum absolute atomic E-state index is 0.144. The van der Waals surface area contributed by atoms with Gasteiger partial charge >= 0.3 is 0 Å². The number of imide groups is 1. The van der Waals surface area contributed by atoms with E-state index < -0.39 is 0 Å². The second-order valence-electron chi connectivity index (χ2n) is 4.63. The van der Waals surface area contributed by atoms with E-state index in [0.717, 1.165) is 16.3 Å². The van der Waals surface area contributed by atoms with Gasteiger partial charge in [0.05, 0.1) is 32.2 Å². The van der Waals surface area contributed by atoms with Gasteiger partial charge in [-0.05, 0) is 31.2 Å². The summed E-state index contributed by atoms with van der Waals surface area (Å²) in [5.41, 5.74) is 0.806. The van der Waals surface area contributed by atoms with Gasteiger partial charge in [-0.1, -0.05) is 0 Å². The Morgan fingerprint density at radius 3 is 2.33 bits per heavy atom. The van der Waals surface area contributed by atoms with Gasteiger partial charge in [-0.2, -0.15) is 5.26 Å². The molecule has 1 aliphatic rings. The first kappa shape index (κ1) is 14.9. The lowest BCUT2D eigenvalue weighted by atomic mass is 10.2. The predicted molar refractivity (Wildman–Crippen MR) is 76.8 cm³/mol. The van der Waals surface area contributed by atoms with E-state index in [9.17, 15) is 9.59 Å². The molecule has 0 aromatic heterocycles. The number of nitrogens with zero attached hydrogens (tertiary/aromatic N) is 3. The van der Waals surface area contributed by atoms with Crippen molar-refractivity contribution in [1.29, 1.82) is 5.26 Å². The monoisotopic (exact) mass is 287 g/mol. The van der Waals surface area contributed by atoms with E-state index in [0.29, 0.717) is 6.61 Å². The maximum atomic E-state index is 12.0. The first-order chi connectivity index (χ1) is 10.2. The maximum Gasteiger partial charge on any atom is 0.248 e. The molecule has 1 fully saturated rings. The molecule has 0 unspecified atom stereocenters. The van der Waals surface area contributed by atoms with Crippen LogP contribution in [0.15, 0.2) is 24.3 Å². The summed E-state index contributed by atoms with van der Waals surface area (Å²) in [7, 11) is 0. The van der Waals surface area contributed by atoms with E-state index in [1.54, 1.807) is 4.90 Å². The Labute approximate surface area is 123 Å². The Hall–Kier alpha value is -2.55. The standard InChI is InChI=1S/C15H17N3O3/c1-2-21-13-6-4-12(5-7-13)17-10-14(19)18(9-3-8-16)15(20)11-17/h4-7H,2-3,9-11H2,1H3. The molecule has 0 N–H and O–H groups in total. The topological polar surface area (TPSA) is 73.6 Å². The summed E-state index contributed by atoms with van der Waals surface area (Å²) >= 11 is 0. The highest BCUT2D eigenvalue weighted by atomic mass is 16.5. The third kappa shape index (κ3) is 3.51. The average molecular weight is 287 g/mol. The van der Waals surface area contributed by atoms with Gasteiger partial charge < -0.3 is 9.64 Å². The highest BCUT2D eigenvalue weighted by Crippen LogP contribution is 2.21. The van der Waals surface area contributed by atoms with Crippen molar-refractivity contribution in [2.24, 2.45) is 0 Å². The van der Waals surface area contributed by atoms with Crippen LogP contribution in [0.2, 0.25) is 0 Å². The third-order valence-corrected chi connectivity index (χ3v) is 3.21. The number of benzene rings is 1. The van der Waals surface area contributed by atoms with E-state index in [1.165, 1.54) is 0 Å². The van der Waals surface area contributed by atoms with E-state index in [1.807, 2.05) is 37.3 Å². The number of ether oxygens (including phenoxy) is 1. The fraction of sp³-hybridized carbons (Fsp3) is 0.400. The van der Waals surface area contributed by atoms with Crippen LogP contribution < -0.4 is 9.64 Å². The normalized spacial score (nSPS) is 15.0. The van der Waals surface area contributed by atoms with Crippen LogP contribution in [0, 0.1) is 11.3 Å². The van der Waals surface area contributed by atoms with Gasteiger partial charge in [0.2, 0.25) is 11.8 Å². The second-order valence-corrected chi connectivity index (χ2v) is 4.63. The molecular weight excluding hydrogens is 270 g/mol. The average Bonchev–Trinajstić information content (AvgIpc) is 2.47. The highest BCUT2D eigenvalue weighted by Gasteiger charge is 2.30. The van der Waals surface area contributed by atoms with Crippen LogP contribution >= 0.6 is 0 Å². The largest absolute Gasteiger partial charge is 0.494 e. The zero-order valence-electron chi connectivity index (χ0n) is 11.9. The van der Waals surface area contributed by atoms with Gasteiger partial charge in [0.1, 0.15) is 5.75 Å². The predicted octanol–water partition coefficient (Wildman–Crippen LogP) is 1.17. The molecule has 0 radical (unpaired) electrons. The summed E-state index contributed by atoms with van der Waals surface area (Å²) in [4.78, 5) is 26.9. The third-order valence-electron chi connectivity index (χ3n) is 3.21. The Morgan fingerprint density at radius 1 is 1.19 bits per heavy atom. The van der Waals surface area contributed by atoms with Crippen LogP contribution in [0.5, 0.6) is 5.75 Å². The zero-order chi connectivity index (χ0) is 15.2. The molecule has 0 bridgehead atoms. The quantitative estimate of drug-likeness (QED) is 0.760. The number of hydrogen-bond donors (Lipinski definition) is 0. The molecule has 0 saturated carbocycles. The number of carbonyl (C=O) groups excluding carboxylic acids is 2. The number of nitriles is 1. The lowest BCUT2D eigenvalue weighted by Crippen LogP contribution is -2.54. The molecule has 1 heterocycles. The SMILES string of the molecule is CCOc1ccc(N2CC(=O)N(CCC#N)C(=O)C2)cc1. The Kier molecular flexibility index (Phi) is 4.77. The molecule has 21 heavy (non-hydrogen) atoms. The van der Waals surface area contributed by atoms with Crippen molar-refractivity contribution in [2.45, 2.75) is 13.3 Å². The molecule has 2 amide bonds. The molecule has 6 heteroatoms. The van der Waals surface area contributed by atoms with Crippen molar-refractivity contribution in [1.82, 2.24) is 4.90 Å². The zero-order valence-corrected chi connectivity index (χ0v) is 11.9. The molecule has 1 aromatic rings. The molecule has 2 rings (SSSR count). The van der Waals surface area contributed by atoms with Crippen molar-refractivity contribution in [3.63, 3.8) is 0 Å². The van der Waals surface area contributed by atoms with Gasteiger partial charge in [-0.3, -0.25) is 14.5 Å². The van der Waals surface area contributed by atoms with Crippen molar-refractivity contribution in [2.75, 3.05) is 31.1 Å². The Balaban J connectivity index is 2.05. The molecular formula is C15H17N3O3. The van der Waals surface area contributed by atoms with Crippen LogP contribution in [0.4, 0.5) is 5.69 Å². The highest BCUT2D eigenvalue weighted by molar-refractivity contribution is 6.02. The number of rotatable bonds is 5. The lowest BCUT2D eigenvalue weighted by Gasteiger charge is -2.33. The van der Waals surface area contributed by atoms with Crippen LogP contribution in [0.25, 0.3) is 0 Å². The molecule has 0 spiro atoms. The first-order valence-electron chi connectivity index (χ1n) is 6.83. The molecule has 0 aliphatic carbocycles. The molecule has 1 saturated heterocycles. The summed E-state index contributed by atoms with van der Waals surface area (Å²) < 4.78 is 5.36. The Morgan fingerprint density at radius 2 is 1.81 bits per heavy atom. The van der Waals surface area contributed by atoms with E-state index in [-0.39, 0.29) is 37.9 Å². The Bertz CT molecular complexity index is 545. The van der Waals surface area contributed by atoms with E-state index >= 15 is 0 Å². The van der Waals surface area contributed by atoms with Crippen molar-refractivity contribution in [3.05, 3.63) is 24.3 Å².